The Bertz CT molecular complexity index is 643. The Morgan fingerprint density at radius 2 is 1.73 bits per heavy atom. The van der Waals surface area contributed by atoms with Crippen molar-refractivity contribution in [3.63, 3.8) is 0 Å². The van der Waals surface area contributed by atoms with Gasteiger partial charge in [-0.3, -0.25) is 9.10 Å². The van der Waals surface area contributed by atoms with Crippen molar-refractivity contribution in [2.75, 3.05) is 37.9 Å². The summed E-state index contributed by atoms with van der Waals surface area (Å²) in [5, 5.41) is 2.66. The first kappa shape index (κ1) is 18.1. The first-order chi connectivity index (χ1) is 10.3. The van der Waals surface area contributed by atoms with Gasteiger partial charge in [0, 0.05) is 19.2 Å². The van der Waals surface area contributed by atoms with Gasteiger partial charge < -0.3 is 14.8 Å². The van der Waals surface area contributed by atoms with E-state index < -0.39 is 10.0 Å². The fourth-order valence-corrected chi connectivity index (χ4v) is 3.07. The molecule has 0 atom stereocenters. The Morgan fingerprint density at radius 1 is 1.18 bits per heavy atom. The van der Waals surface area contributed by atoms with Crippen LogP contribution in [0.2, 0.25) is 0 Å². The summed E-state index contributed by atoms with van der Waals surface area (Å²) < 4.78 is 35.5. The van der Waals surface area contributed by atoms with Crippen LogP contribution in [0, 0.1) is 0 Å². The van der Waals surface area contributed by atoms with Gasteiger partial charge in [0.05, 0.1) is 31.7 Å². The maximum atomic E-state index is 12.3. The van der Waals surface area contributed by atoms with E-state index in [0.717, 1.165) is 10.6 Å². The van der Waals surface area contributed by atoms with E-state index in [1.54, 1.807) is 13.8 Å². The number of benzene rings is 1. The van der Waals surface area contributed by atoms with Gasteiger partial charge >= 0.3 is 0 Å². The van der Waals surface area contributed by atoms with Gasteiger partial charge in [0.25, 0.3) is 5.91 Å². The highest BCUT2D eigenvalue weighted by Gasteiger charge is 2.24. The molecule has 0 saturated heterocycles. The molecule has 1 rings (SSSR count). The maximum absolute atomic E-state index is 12.3. The van der Waals surface area contributed by atoms with Crippen molar-refractivity contribution in [2.24, 2.45) is 0 Å². The molecule has 0 aliphatic heterocycles. The molecule has 22 heavy (non-hydrogen) atoms. The summed E-state index contributed by atoms with van der Waals surface area (Å²) in [6, 6.07) is 2.97. The van der Waals surface area contributed by atoms with E-state index in [9.17, 15) is 13.2 Å². The van der Waals surface area contributed by atoms with Gasteiger partial charge in [-0.05, 0) is 19.9 Å². The third-order valence-corrected chi connectivity index (χ3v) is 4.30. The van der Waals surface area contributed by atoms with E-state index >= 15 is 0 Å². The van der Waals surface area contributed by atoms with E-state index in [4.69, 9.17) is 9.47 Å². The summed E-state index contributed by atoms with van der Waals surface area (Å²) in [5.41, 5.74) is 0.473. The van der Waals surface area contributed by atoms with Crippen LogP contribution in [0.15, 0.2) is 12.1 Å². The highest BCUT2D eigenvalue weighted by Crippen LogP contribution is 2.36. The zero-order chi connectivity index (χ0) is 16.9. The predicted octanol–water partition coefficient (Wildman–Crippen LogP) is 1.24. The molecule has 1 N–H and O–H groups in total. The SMILES string of the molecule is CCNC(=O)c1cc(OC)c(OC)cc1N(CC)S(C)(=O)=O. The van der Waals surface area contributed by atoms with Gasteiger partial charge in [0.15, 0.2) is 11.5 Å². The summed E-state index contributed by atoms with van der Waals surface area (Å²) in [7, 11) is -0.626. The highest BCUT2D eigenvalue weighted by atomic mass is 32.2. The average Bonchev–Trinajstić information content (AvgIpc) is 2.46. The lowest BCUT2D eigenvalue weighted by Gasteiger charge is -2.24. The van der Waals surface area contributed by atoms with Crippen LogP contribution in [-0.4, -0.2) is 47.9 Å². The van der Waals surface area contributed by atoms with Crippen LogP contribution in [0.5, 0.6) is 11.5 Å². The number of hydrogen-bond acceptors (Lipinski definition) is 5. The Balaban J connectivity index is 3.60. The summed E-state index contributed by atoms with van der Waals surface area (Å²) in [4.78, 5) is 12.3. The lowest BCUT2D eigenvalue weighted by Crippen LogP contribution is -2.33. The van der Waals surface area contributed by atoms with Crippen molar-refractivity contribution >= 4 is 21.6 Å². The zero-order valence-corrected chi connectivity index (χ0v) is 14.3. The Morgan fingerprint density at radius 3 is 2.14 bits per heavy atom. The Kier molecular flexibility index (Phi) is 6.04. The minimum Gasteiger partial charge on any atom is -0.493 e. The standard InChI is InChI=1S/C14H22N2O5S/c1-6-15-14(17)10-8-12(20-3)13(21-4)9-11(10)16(7-2)22(5,18)19/h8-9H,6-7H2,1-5H3,(H,15,17). The second-order valence-corrected chi connectivity index (χ2v) is 6.42. The molecular weight excluding hydrogens is 308 g/mol. The molecule has 124 valence electrons. The molecule has 0 unspecified atom stereocenters. The number of hydrogen-bond donors (Lipinski definition) is 1. The van der Waals surface area contributed by atoms with Gasteiger partial charge in [-0.1, -0.05) is 0 Å². The number of sulfonamides is 1. The van der Waals surface area contributed by atoms with E-state index in [2.05, 4.69) is 5.32 Å². The number of ether oxygens (including phenoxy) is 2. The van der Waals surface area contributed by atoms with Gasteiger partial charge in [0.2, 0.25) is 10.0 Å². The smallest absolute Gasteiger partial charge is 0.253 e. The second-order valence-electron chi connectivity index (χ2n) is 4.51. The molecule has 1 amide bonds. The van der Waals surface area contributed by atoms with Crippen LogP contribution in [0.4, 0.5) is 5.69 Å². The number of rotatable bonds is 7. The van der Waals surface area contributed by atoms with Crippen LogP contribution in [0.1, 0.15) is 24.2 Å². The minimum atomic E-state index is -3.53. The molecular formula is C14H22N2O5S. The molecule has 0 aromatic heterocycles. The molecule has 0 fully saturated rings. The number of carbonyl (C=O) groups excluding carboxylic acids is 1. The molecule has 1 aromatic carbocycles. The van der Waals surface area contributed by atoms with Crippen LogP contribution in [0.25, 0.3) is 0 Å². The molecule has 7 nitrogen and oxygen atoms in total. The van der Waals surface area contributed by atoms with Crippen LogP contribution in [0.3, 0.4) is 0 Å². The lowest BCUT2D eigenvalue weighted by molar-refractivity contribution is 0.0956. The van der Waals surface area contributed by atoms with Crippen LogP contribution < -0.4 is 19.1 Å². The molecule has 0 spiro atoms. The van der Waals surface area contributed by atoms with Crippen molar-refractivity contribution in [1.29, 1.82) is 0 Å². The molecule has 1 aromatic rings. The largest absolute Gasteiger partial charge is 0.493 e. The maximum Gasteiger partial charge on any atom is 0.253 e. The first-order valence-electron chi connectivity index (χ1n) is 6.82. The summed E-state index contributed by atoms with van der Waals surface area (Å²) in [6.45, 7) is 4.10. The fourth-order valence-electron chi connectivity index (χ4n) is 2.10. The van der Waals surface area contributed by atoms with E-state index in [0.29, 0.717) is 18.0 Å². The molecule has 0 bridgehead atoms. The third-order valence-electron chi connectivity index (χ3n) is 3.04. The number of carbonyl (C=O) groups is 1. The molecule has 0 aliphatic rings. The Labute approximate surface area is 131 Å². The van der Waals surface area contributed by atoms with E-state index in [-0.39, 0.29) is 23.7 Å². The zero-order valence-electron chi connectivity index (χ0n) is 13.5. The summed E-state index contributed by atoms with van der Waals surface area (Å²) in [5.74, 6) is 0.338. The number of nitrogens with one attached hydrogen (secondary N) is 1. The monoisotopic (exact) mass is 330 g/mol. The summed E-state index contributed by atoms with van der Waals surface area (Å²) >= 11 is 0. The molecule has 8 heteroatoms. The van der Waals surface area contributed by atoms with Crippen molar-refractivity contribution < 1.29 is 22.7 Å². The highest BCUT2D eigenvalue weighted by molar-refractivity contribution is 7.92. The molecule has 0 radical (unpaired) electrons. The van der Waals surface area contributed by atoms with Crippen LogP contribution in [-0.2, 0) is 10.0 Å². The van der Waals surface area contributed by atoms with Gasteiger partial charge in [-0.15, -0.1) is 0 Å². The fraction of sp³-hybridized carbons (Fsp3) is 0.500. The normalized spacial score (nSPS) is 11.0. The summed E-state index contributed by atoms with van der Waals surface area (Å²) in [6.07, 6.45) is 1.09. The van der Waals surface area contributed by atoms with Gasteiger partial charge in [-0.2, -0.15) is 0 Å². The van der Waals surface area contributed by atoms with Crippen molar-refractivity contribution in [3.8, 4) is 11.5 Å². The predicted molar refractivity (Wildman–Crippen MR) is 85.4 cm³/mol. The van der Waals surface area contributed by atoms with Crippen molar-refractivity contribution in [3.05, 3.63) is 17.7 Å². The Hall–Kier alpha value is -1.96. The third kappa shape index (κ3) is 3.82. The number of methoxy groups -OCH3 is 2. The van der Waals surface area contributed by atoms with Gasteiger partial charge in [-0.25, -0.2) is 8.42 Å². The lowest BCUT2D eigenvalue weighted by atomic mass is 10.1. The molecule has 0 heterocycles. The average molecular weight is 330 g/mol. The first-order valence-corrected chi connectivity index (χ1v) is 8.66. The van der Waals surface area contributed by atoms with E-state index in [1.165, 1.54) is 26.4 Å². The number of anilines is 1. The van der Waals surface area contributed by atoms with E-state index in [1.807, 2.05) is 0 Å². The quantitative estimate of drug-likeness (QED) is 0.813. The van der Waals surface area contributed by atoms with Gasteiger partial charge in [0.1, 0.15) is 0 Å². The number of nitrogens with zero attached hydrogens (tertiary/aromatic N) is 1. The molecule has 0 aliphatic carbocycles. The second kappa shape index (κ2) is 7.35. The molecule has 0 saturated carbocycles. The number of amides is 1. The van der Waals surface area contributed by atoms with Crippen molar-refractivity contribution in [1.82, 2.24) is 5.32 Å². The minimum absolute atomic E-state index is 0.195. The topological polar surface area (TPSA) is 84.9 Å². The van der Waals surface area contributed by atoms with Crippen molar-refractivity contribution in [2.45, 2.75) is 13.8 Å². The van der Waals surface area contributed by atoms with Crippen LogP contribution >= 0.6 is 0 Å².